The van der Waals surface area contributed by atoms with Gasteiger partial charge in [0.15, 0.2) is 0 Å². The minimum absolute atomic E-state index is 0.244. The standard InChI is InChI=1S/C20H20N4S/c1-12-16(25-19-17(12)18(21)23-20(22)24-19)11-5-9-14-8-4-7-13-6-2-3-10-15(13)14/h2-4,6-8,10H,5,9,11H2,1H3,(H4,21,22,23,24). The van der Waals surface area contributed by atoms with E-state index in [1.165, 1.54) is 26.8 Å². The summed E-state index contributed by atoms with van der Waals surface area (Å²) in [5.41, 5.74) is 14.3. The maximum Gasteiger partial charge on any atom is 0.223 e. The van der Waals surface area contributed by atoms with Crippen molar-refractivity contribution < 1.29 is 0 Å². The first-order valence-electron chi connectivity index (χ1n) is 8.41. The molecule has 0 saturated heterocycles. The Balaban J connectivity index is 1.56. The Hall–Kier alpha value is -2.66. The average Bonchev–Trinajstić information content (AvgIpc) is 2.91. The molecule has 0 aliphatic heterocycles. The fraction of sp³-hybridized carbons (Fsp3) is 0.200. The Bertz CT molecular complexity index is 1060. The second-order valence-corrected chi connectivity index (χ2v) is 7.37. The molecule has 0 radical (unpaired) electrons. The lowest BCUT2D eigenvalue weighted by molar-refractivity contribution is 0.833. The third kappa shape index (κ3) is 2.91. The van der Waals surface area contributed by atoms with Gasteiger partial charge in [-0.3, -0.25) is 0 Å². The van der Waals surface area contributed by atoms with Crippen LogP contribution in [0.1, 0.15) is 22.4 Å². The fourth-order valence-electron chi connectivity index (χ4n) is 3.42. The minimum Gasteiger partial charge on any atom is -0.383 e. The van der Waals surface area contributed by atoms with Crippen LogP contribution in [0.15, 0.2) is 42.5 Å². The average molecular weight is 348 g/mol. The van der Waals surface area contributed by atoms with Gasteiger partial charge in [-0.05, 0) is 48.1 Å². The molecule has 0 saturated carbocycles. The highest BCUT2D eigenvalue weighted by Crippen LogP contribution is 2.34. The number of anilines is 2. The van der Waals surface area contributed by atoms with Gasteiger partial charge in [0, 0.05) is 4.88 Å². The lowest BCUT2D eigenvalue weighted by Crippen LogP contribution is -1.99. The van der Waals surface area contributed by atoms with E-state index in [2.05, 4.69) is 59.4 Å². The summed E-state index contributed by atoms with van der Waals surface area (Å²) in [6.07, 6.45) is 3.15. The highest BCUT2D eigenvalue weighted by molar-refractivity contribution is 7.19. The molecular formula is C20H20N4S. The Morgan fingerprint density at radius 2 is 1.76 bits per heavy atom. The molecule has 5 heteroatoms. The summed E-state index contributed by atoms with van der Waals surface area (Å²) >= 11 is 1.68. The monoisotopic (exact) mass is 348 g/mol. The van der Waals surface area contributed by atoms with Gasteiger partial charge < -0.3 is 11.5 Å². The first-order valence-corrected chi connectivity index (χ1v) is 9.22. The number of benzene rings is 2. The number of hydrogen-bond acceptors (Lipinski definition) is 5. The van der Waals surface area contributed by atoms with E-state index < -0.39 is 0 Å². The summed E-state index contributed by atoms with van der Waals surface area (Å²) in [7, 11) is 0. The van der Waals surface area contributed by atoms with Crippen molar-refractivity contribution in [1.29, 1.82) is 0 Å². The molecule has 126 valence electrons. The molecule has 4 nitrogen and oxygen atoms in total. The third-order valence-electron chi connectivity index (χ3n) is 4.66. The molecule has 0 aliphatic rings. The number of rotatable bonds is 4. The SMILES string of the molecule is Cc1c(CCCc2cccc3ccccc23)sc2nc(N)nc(N)c12. The molecule has 2 aromatic heterocycles. The highest BCUT2D eigenvalue weighted by atomic mass is 32.1. The zero-order chi connectivity index (χ0) is 17.4. The van der Waals surface area contributed by atoms with Crippen molar-refractivity contribution in [2.45, 2.75) is 26.2 Å². The number of nitrogens with two attached hydrogens (primary N) is 2. The van der Waals surface area contributed by atoms with E-state index in [0.29, 0.717) is 5.82 Å². The van der Waals surface area contributed by atoms with Crippen LogP contribution < -0.4 is 11.5 Å². The van der Waals surface area contributed by atoms with E-state index in [9.17, 15) is 0 Å². The Kier molecular flexibility index (Phi) is 4.01. The van der Waals surface area contributed by atoms with Crippen LogP contribution in [0.2, 0.25) is 0 Å². The van der Waals surface area contributed by atoms with Crippen LogP contribution in [0.4, 0.5) is 11.8 Å². The summed E-state index contributed by atoms with van der Waals surface area (Å²) in [4.78, 5) is 10.6. The van der Waals surface area contributed by atoms with E-state index in [4.69, 9.17) is 11.5 Å². The van der Waals surface area contributed by atoms with Crippen molar-refractivity contribution in [3.8, 4) is 0 Å². The molecule has 4 rings (SSSR count). The molecule has 0 fully saturated rings. The second kappa shape index (κ2) is 6.33. The first kappa shape index (κ1) is 15.8. The normalized spacial score (nSPS) is 11.4. The Morgan fingerprint density at radius 3 is 2.64 bits per heavy atom. The second-order valence-electron chi connectivity index (χ2n) is 6.29. The zero-order valence-corrected chi connectivity index (χ0v) is 14.9. The van der Waals surface area contributed by atoms with Crippen molar-refractivity contribution >= 4 is 44.1 Å². The van der Waals surface area contributed by atoms with Gasteiger partial charge in [0.1, 0.15) is 10.6 Å². The number of thiophene rings is 1. The van der Waals surface area contributed by atoms with Crippen LogP contribution in [-0.2, 0) is 12.8 Å². The van der Waals surface area contributed by atoms with Crippen LogP contribution >= 0.6 is 11.3 Å². The summed E-state index contributed by atoms with van der Waals surface area (Å²) in [5.74, 6) is 0.727. The molecule has 0 spiro atoms. The molecule has 0 amide bonds. The quantitative estimate of drug-likeness (QED) is 0.569. The number of aryl methyl sites for hydroxylation is 3. The van der Waals surface area contributed by atoms with Crippen molar-refractivity contribution in [3.63, 3.8) is 0 Å². The van der Waals surface area contributed by atoms with Crippen LogP contribution in [0, 0.1) is 6.92 Å². The molecule has 4 N–H and O–H groups in total. The lowest BCUT2D eigenvalue weighted by Gasteiger charge is -2.06. The van der Waals surface area contributed by atoms with E-state index in [1.54, 1.807) is 11.3 Å². The molecule has 0 unspecified atom stereocenters. The summed E-state index contributed by atoms with van der Waals surface area (Å²) in [6.45, 7) is 2.10. The van der Waals surface area contributed by atoms with Crippen molar-refractivity contribution in [2.24, 2.45) is 0 Å². The Morgan fingerprint density at radius 1 is 0.960 bits per heavy atom. The topological polar surface area (TPSA) is 77.8 Å². The molecule has 0 aliphatic carbocycles. The molecular weight excluding hydrogens is 328 g/mol. The minimum atomic E-state index is 0.244. The van der Waals surface area contributed by atoms with Crippen molar-refractivity contribution in [2.75, 3.05) is 11.5 Å². The van der Waals surface area contributed by atoms with Gasteiger partial charge in [0.2, 0.25) is 5.95 Å². The van der Waals surface area contributed by atoms with Gasteiger partial charge in [-0.2, -0.15) is 4.98 Å². The van der Waals surface area contributed by atoms with E-state index in [0.717, 1.165) is 29.5 Å². The maximum atomic E-state index is 6.03. The first-order chi connectivity index (χ1) is 12.1. The highest BCUT2D eigenvalue weighted by Gasteiger charge is 2.14. The molecule has 2 heterocycles. The number of aromatic nitrogens is 2. The molecule has 0 atom stereocenters. The molecule has 0 bridgehead atoms. The van der Waals surface area contributed by atoms with Crippen molar-refractivity contribution in [3.05, 3.63) is 58.5 Å². The van der Waals surface area contributed by atoms with Gasteiger partial charge in [-0.15, -0.1) is 11.3 Å². The van der Waals surface area contributed by atoms with Gasteiger partial charge in [0.05, 0.1) is 5.39 Å². The third-order valence-corrected chi connectivity index (χ3v) is 5.91. The number of nitrogen functional groups attached to an aromatic ring is 2. The zero-order valence-electron chi connectivity index (χ0n) is 14.1. The van der Waals surface area contributed by atoms with Crippen LogP contribution in [0.3, 0.4) is 0 Å². The number of nitrogens with zero attached hydrogens (tertiary/aromatic N) is 2. The van der Waals surface area contributed by atoms with E-state index in [1.807, 2.05) is 0 Å². The summed E-state index contributed by atoms with van der Waals surface area (Å²) < 4.78 is 0. The fourth-order valence-corrected chi connectivity index (χ4v) is 4.66. The largest absolute Gasteiger partial charge is 0.383 e. The van der Waals surface area contributed by atoms with Gasteiger partial charge in [0.25, 0.3) is 0 Å². The van der Waals surface area contributed by atoms with Crippen LogP contribution in [0.25, 0.3) is 21.0 Å². The van der Waals surface area contributed by atoms with Gasteiger partial charge in [-0.25, -0.2) is 4.98 Å². The molecule has 2 aromatic carbocycles. The smallest absolute Gasteiger partial charge is 0.223 e. The van der Waals surface area contributed by atoms with E-state index >= 15 is 0 Å². The summed E-state index contributed by atoms with van der Waals surface area (Å²) in [5, 5.41) is 3.61. The number of hydrogen-bond donors (Lipinski definition) is 2. The molecule has 25 heavy (non-hydrogen) atoms. The number of fused-ring (bicyclic) bond motifs is 2. The molecule has 4 aromatic rings. The van der Waals surface area contributed by atoms with Gasteiger partial charge >= 0.3 is 0 Å². The summed E-state index contributed by atoms with van der Waals surface area (Å²) in [6, 6.07) is 15.1. The van der Waals surface area contributed by atoms with Crippen LogP contribution in [-0.4, -0.2) is 9.97 Å². The van der Waals surface area contributed by atoms with Crippen molar-refractivity contribution in [1.82, 2.24) is 9.97 Å². The van der Waals surface area contributed by atoms with Gasteiger partial charge in [-0.1, -0.05) is 42.5 Å². The predicted molar refractivity (Wildman–Crippen MR) is 107 cm³/mol. The predicted octanol–water partition coefficient (Wildman–Crippen LogP) is 4.49. The lowest BCUT2D eigenvalue weighted by atomic mass is 9.99. The Labute approximate surface area is 150 Å². The van der Waals surface area contributed by atoms with Crippen LogP contribution in [0.5, 0.6) is 0 Å². The maximum absolute atomic E-state index is 6.03. The van der Waals surface area contributed by atoms with E-state index in [-0.39, 0.29) is 5.95 Å².